The summed E-state index contributed by atoms with van der Waals surface area (Å²) in [6, 6.07) is 6.15. The predicted octanol–water partition coefficient (Wildman–Crippen LogP) is 2.06. The number of hydrogen-bond acceptors (Lipinski definition) is 4. The van der Waals surface area contributed by atoms with Crippen LogP contribution in [0, 0.1) is 0 Å². The molecule has 3 amide bonds. The lowest BCUT2D eigenvalue weighted by atomic mass is 9.95. The molecule has 1 atom stereocenters. The number of sulfone groups is 1. The van der Waals surface area contributed by atoms with Gasteiger partial charge in [-0.15, -0.1) is 0 Å². The third kappa shape index (κ3) is 5.20. The van der Waals surface area contributed by atoms with E-state index in [1.807, 2.05) is 0 Å². The number of amides is 3. The van der Waals surface area contributed by atoms with Gasteiger partial charge in [-0.1, -0.05) is 25.3 Å². The lowest BCUT2D eigenvalue weighted by Gasteiger charge is -2.22. The molecular formula is C18H25N3O4S. The van der Waals surface area contributed by atoms with Crippen LogP contribution < -0.4 is 16.0 Å². The van der Waals surface area contributed by atoms with Gasteiger partial charge in [0.2, 0.25) is 0 Å². The predicted molar refractivity (Wildman–Crippen MR) is 100.0 cm³/mol. The van der Waals surface area contributed by atoms with Crippen molar-refractivity contribution in [3.8, 4) is 0 Å². The van der Waals surface area contributed by atoms with E-state index in [2.05, 4.69) is 16.0 Å². The molecule has 0 unspecified atom stereocenters. The Balaban J connectivity index is 1.54. The van der Waals surface area contributed by atoms with Crippen molar-refractivity contribution in [2.24, 2.45) is 0 Å². The van der Waals surface area contributed by atoms with Crippen molar-refractivity contribution in [1.82, 2.24) is 10.6 Å². The summed E-state index contributed by atoms with van der Waals surface area (Å²) in [6.45, 7) is 0. The van der Waals surface area contributed by atoms with Crippen LogP contribution in [0.15, 0.2) is 24.3 Å². The fourth-order valence-electron chi connectivity index (χ4n) is 3.52. The lowest BCUT2D eigenvalue weighted by molar-refractivity contribution is 0.0927. The first kappa shape index (κ1) is 18.7. The van der Waals surface area contributed by atoms with E-state index in [1.165, 1.54) is 6.42 Å². The van der Waals surface area contributed by atoms with Crippen LogP contribution in [0.2, 0.25) is 0 Å². The Morgan fingerprint density at radius 1 is 0.962 bits per heavy atom. The SMILES string of the molecule is O=C(Nc1cccc(C(=O)NC2CCCCC2)c1)N[C@@H]1CCS(=O)(=O)C1. The second-order valence-corrected chi connectivity index (χ2v) is 9.32. The van der Waals surface area contributed by atoms with Gasteiger partial charge in [0, 0.05) is 23.3 Å². The molecule has 3 rings (SSSR count). The molecule has 1 aliphatic carbocycles. The molecule has 7 nitrogen and oxygen atoms in total. The number of rotatable bonds is 4. The van der Waals surface area contributed by atoms with E-state index in [4.69, 9.17) is 0 Å². The maximum atomic E-state index is 12.4. The highest BCUT2D eigenvalue weighted by Gasteiger charge is 2.28. The molecule has 1 aromatic carbocycles. The molecule has 2 aliphatic rings. The van der Waals surface area contributed by atoms with Crippen LogP contribution in [-0.2, 0) is 9.84 Å². The first-order valence-electron chi connectivity index (χ1n) is 9.10. The summed E-state index contributed by atoms with van der Waals surface area (Å²) < 4.78 is 22.9. The van der Waals surface area contributed by atoms with E-state index in [0.29, 0.717) is 17.7 Å². The molecule has 26 heavy (non-hydrogen) atoms. The Labute approximate surface area is 153 Å². The van der Waals surface area contributed by atoms with Crippen molar-refractivity contribution in [1.29, 1.82) is 0 Å². The Morgan fingerprint density at radius 2 is 1.73 bits per heavy atom. The normalized spacial score (nSPS) is 22.5. The van der Waals surface area contributed by atoms with Gasteiger partial charge in [-0.3, -0.25) is 4.79 Å². The van der Waals surface area contributed by atoms with E-state index in [9.17, 15) is 18.0 Å². The highest BCUT2D eigenvalue weighted by molar-refractivity contribution is 7.91. The summed E-state index contributed by atoms with van der Waals surface area (Å²) in [6.07, 6.45) is 5.96. The molecule has 8 heteroatoms. The third-order valence-corrected chi connectivity index (χ3v) is 6.66. The quantitative estimate of drug-likeness (QED) is 0.745. The van der Waals surface area contributed by atoms with Crippen LogP contribution in [0.5, 0.6) is 0 Å². The van der Waals surface area contributed by atoms with Crippen molar-refractivity contribution in [2.75, 3.05) is 16.8 Å². The van der Waals surface area contributed by atoms with Crippen molar-refractivity contribution in [2.45, 2.75) is 50.6 Å². The van der Waals surface area contributed by atoms with E-state index in [1.54, 1.807) is 24.3 Å². The zero-order chi connectivity index (χ0) is 18.6. The van der Waals surface area contributed by atoms with Gasteiger partial charge in [-0.2, -0.15) is 0 Å². The summed E-state index contributed by atoms with van der Waals surface area (Å²) in [5, 5.41) is 8.39. The maximum Gasteiger partial charge on any atom is 0.319 e. The number of anilines is 1. The Hall–Kier alpha value is -2.09. The van der Waals surface area contributed by atoms with Gasteiger partial charge in [0.1, 0.15) is 0 Å². The molecule has 2 fully saturated rings. The van der Waals surface area contributed by atoms with Crippen molar-refractivity contribution in [3.05, 3.63) is 29.8 Å². The standard InChI is InChI=1S/C18H25N3O4S/c22-17(19-14-6-2-1-3-7-14)13-5-4-8-15(11-13)20-18(23)21-16-9-10-26(24,25)12-16/h4-5,8,11,14,16H,1-3,6-7,9-10,12H2,(H,19,22)(H2,20,21,23)/t16-/m1/s1. The summed E-state index contributed by atoms with van der Waals surface area (Å²) in [5.41, 5.74) is 0.997. The molecule has 0 radical (unpaired) electrons. The highest BCUT2D eigenvalue weighted by atomic mass is 32.2. The second-order valence-electron chi connectivity index (χ2n) is 7.09. The fourth-order valence-corrected chi connectivity index (χ4v) is 5.19. The topological polar surface area (TPSA) is 104 Å². The number of urea groups is 1. The molecule has 142 valence electrons. The van der Waals surface area contributed by atoms with Crippen LogP contribution in [0.1, 0.15) is 48.9 Å². The van der Waals surface area contributed by atoms with E-state index in [0.717, 1.165) is 25.7 Å². The van der Waals surface area contributed by atoms with Crippen molar-refractivity contribution in [3.63, 3.8) is 0 Å². The van der Waals surface area contributed by atoms with Gasteiger partial charge in [0.05, 0.1) is 11.5 Å². The fraction of sp³-hybridized carbons (Fsp3) is 0.556. The zero-order valence-corrected chi connectivity index (χ0v) is 15.5. The molecule has 1 saturated heterocycles. The van der Waals surface area contributed by atoms with Gasteiger partial charge in [-0.05, 0) is 37.5 Å². The molecule has 0 aromatic heterocycles. The average Bonchev–Trinajstić information content (AvgIpc) is 2.94. The molecule has 3 N–H and O–H groups in total. The number of hydrogen-bond donors (Lipinski definition) is 3. The summed E-state index contributed by atoms with van der Waals surface area (Å²) >= 11 is 0. The third-order valence-electron chi connectivity index (χ3n) is 4.89. The van der Waals surface area contributed by atoms with Crippen LogP contribution in [-0.4, -0.2) is 43.9 Å². The average molecular weight is 379 g/mol. The first-order chi connectivity index (χ1) is 12.4. The molecule has 1 aromatic rings. The minimum atomic E-state index is -3.04. The number of carbonyl (C=O) groups is 2. The van der Waals surface area contributed by atoms with Gasteiger partial charge in [-0.25, -0.2) is 13.2 Å². The van der Waals surface area contributed by atoms with Gasteiger partial charge >= 0.3 is 6.03 Å². The maximum absolute atomic E-state index is 12.4. The Morgan fingerprint density at radius 3 is 2.42 bits per heavy atom. The van der Waals surface area contributed by atoms with Crippen LogP contribution in [0.25, 0.3) is 0 Å². The van der Waals surface area contributed by atoms with Gasteiger partial charge < -0.3 is 16.0 Å². The largest absolute Gasteiger partial charge is 0.349 e. The van der Waals surface area contributed by atoms with E-state index < -0.39 is 15.9 Å². The highest BCUT2D eigenvalue weighted by Crippen LogP contribution is 2.18. The zero-order valence-electron chi connectivity index (χ0n) is 14.7. The van der Waals surface area contributed by atoms with Crippen LogP contribution in [0.4, 0.5) is 10.5 Å². The molecule has 0 spiro atoms. The van der Waals surface area contributed by atoms with Gasteiger partial charge in [0.15, 0.2) is 9.84 Å². The number of benzene rings is 1. The number of nitrogens with one attached hydrogen (secondary N) is 3. The van der Waals surface area contributed by atoms with Crippen molar-refractivity contribution >= 4 is 27.5 Å². The van der Waals surface area contributed by atoms with Crippen LogP contribution in [0.3, 0.4) is 0 Å². The first-order valence-corrected chi connectivity index (χ1v) is 10.9. The Bertz CT molecular complexity index is 772. The van der Waals surface area contributed by atoms with E-state index >= 15 is 0 Å². The summed E-state index contributed by atoms with van der Waals surface area (Å²) in [4.78, 5) is 24.5. The second kappa shape index (κ2) is 8.07. The van der Waals surface area contributed by atoms with Gasteiger partial charge in [0.25, 0.3) is 5.91 Å². The summed E-state index contributed by atoms with van der Waals surface area (Å²) in [5.74, 6) is -0.0539. The molecule has 1 heterocycles. The molecule has 1 saturated carbocycles. The number of carbonyl (C=O) groups excluding carboxylic acids is 2. The minimum Gasteiger partial charge on any atom is -0.349 e. The molecule has 1 aliphatic heterocycles. The minimum absolute atomic E-state index is 0.0236. The molecular weight excluding hydrogens is 354 g/mol. The Kier molecular flexibility index (Phi) is 5.80. The van der Waals surface area contributed by atoms with Crippen molar-refractivity contribution < 1.29 is 18.0 Å². The lowest BCUT2D eigenvalue weighted by Crippen LogP contribution is -2.38. The van der Waals surface area contributed by atoms with Crippen LogP contribution >= 0.6 is 0 Å². The smallest absolute Gasteiger partial charge is 0.319 e. The monoisotopic (exact) mass is 379 g/mol. The van der Waals surface area contributed by atoms with E-state index in [-0.39, 0.29) is 29.5 Å². The summed E-state index contributed by atoms with van der Waals surface area (Å²) in [7, 11) is -3.04. The molecule has 0 bridgehead atoms.